The van der Waals surface area contributed by atoms with Crippen LogP contribution in [-0.2, 0) is 40.0 Å². The van der Waals surface area contributed by atoms with E-state index in [9.17, 15) is 10.2 Å². The van der Waals surface area contributed by atoms with Gasteiger partial charge >= 0.3 is 0 Å². The minimum atomic E-state index is -1.52. The Hall–Kier alpha value is -1.88. The monoisotopic (exact) mass is 430 g/mol. The van der Waals surface area contributed by atoms with Crippen molar-refractivity contribution in [1.29, 1.82) is 0 Å². The molecule has 0 saturated carbocycles. The summed E-state index contributed by atoms with van der Waals surface area (Å²) in [6.07, 6.45) is -4.71. The number of rotatable bonds is 4. The van der Waals surface area contributed by atoms with Crippen molar-refractivity contribution >= 4 is 0 Å². The molecule has 0 amide bonds. The lowest BCUT2D eigenvalue weighted by molar-refractivity contribution is -0.504. The van der Waals surface area contributed by atoms with Crippen LogP contribution in [0.2, 0.25) is 0 Å². The second kappa shape index (κ2) is 7.61. The van der Waals surface area contributed by atoms with Crippen LogP contribution in [0, 0.1) is 0 Å². The fraction of sp³-hybridized carbons (Fsp3) is 0.478. The second-order valence-corrected chi connectivity index (χ2v) is 7.85. The fourth-order valence-corrected chi connectivity index (χ4v) is 5.13. The minimum Gasteiger partial charge on any atom is -0.394 e. The Morgan fingerprint density at radius 2 is 1.35 bits per heavy atom. The average Bonchev–Trinajstić information content (AvgIpc) is 2.83. The van der Waals surface area contributed by atoms with E-state index in [2.05, 4.69) is 0 Å². The van der Waals surface area contributed by atoms with Gasteiger partial charge in [0.25, 0.3) is 11.6 Å². The highest BCUT2D eigenvalue weighted by molar-refractivity contribution is 5.76. The van der Waals surface area contributed by atoms with Gasteiger partial charge in [-0.05, 0) is 11.1 Å². The second-order valence-electron chi connectivity index (χ2n) is 7.85. The highest BCUT2D eigenvalue weighted by atomic mass is 16.8. The first-order chi connectivity index (χ1) is 15.1. The third-order valence-corrected chi connectivity index (χ3v) is 6.49. The predicted molar refractivity (Wildman–Crippen MR) is 108 cm³/mol. The lowest BCUT2D eigenvalue weighted by Gasteiger charge is -2.60. The molecule has 3 aliphatic rings. The van der Waals surface area contributed by atoms with E-state index in [1.54, 1.807) is 0 Å². The molecule has 2 aromatic rings. The van der Waals surface area contributed by atoms with Gasteiger partial charge in [0.15, 0.2) is 6.29 Å². The van der Waals surface area contributed by atoms with Gasteiger partial charge in [-0.15, -0.1) is 0 Å². The van der Waals surface area contributed by atoms with Crippen molar-refractivity contribution in [1.82, 2.24) is 0 Å². The Morgan fingerprint density at radius 3 is 1.84 bits per heavy atom. The van der Waals surface area contributed by atoms with E-state index < -0.39 is 42.3 Å². The molecule has 0 unspecified atom stereocenters. The third kappa shape index (κ3) is 2.65. The number of ether oxygens (including phenoxy) is 6. The van der Waals surface area contributed by atoms with Crippen molar-refractivity contribution in [3.8, 4) is 11.1 Å². The summed E-state index contributed by atoms with van der Waals surface area (Å²) in [6, 6.07) is 15.4. The first-order valence-corrected chi connectivity index (χ1v) is 10.2. The van der Waals surface area contributed by atoms with Gasteiger partial charge in [-0.1, -0.05) is 48.5 Å². The molecule has 0 bridgehead atoms. The summed E-state index contributed by atoms with van der Waals surface area (Å²) in [5, 5.41) is 20.9. The molecular formula is C23H26O8. The van der Waals surface area contributed by atoms with Crippen molar-refractivity contribution in [3.63, 3.8) is 0 Å². The maximum absolute atomic E-state index is 10.9. The first-order valence-electron chi connectivity index (χ1n) is 10.2. The van der Waals surface area contributed by atoms with Crippen LogP contribution in [-0.4, -0.2) is 68.9 Å². The van der Waals surface area contributed by atoms with E-state index >= 15 is 0 Å². The number of hydrogen-bond donors (Lipinski definition) is 2. The number of aliphatic hydroxyl groups excluding tert-OH is 2. The molecule has 2 saturated heterocycles. The normalized spacial score (nSPS) is 38.5. The number of aliphatic hydroxyl groups is 2. The van der Waals surface area contributed by atoms with Gasteiger partial charge in [0, 0.05) is 32.5 Å². The van der Waals surface area contributed by atoms with Crippen molar-refractivity contribution in [3.05, 3.63) is 59.7 Å². The molecule has 2 N–H and O–H groups in total. The molecule has 2 aliphatic heterocycles. The van der Waals surface area contributed by atoms with Crippen LogP contribution in [0.4, 0.5) is 0 Å². The first kappa shape index (κ1) is 21.0. The summed E-state index contributed by atoms with van der Waals surface area (Å²) in [5.74, 6) is -3.03. The van der Waals surface area contributed by atoms with E-state index in [0.717, 1.165) is 16.7 Å². The van der Waals surface area contributed by atoms with Crippen molar-refractivity contribution < 1.29 is 38.6 Å². The van der Waals surface area contributed by atoms with Crippen LogP contribution in [0.5, 0.6) is 0 Å². The van der Waals surface area contributed by atoms with E-state index in [4.69, 9.17) is 28.4 Å². The number of fused-ring (bicyclic) bond motifs is 7. The molecule has 7 atom stereocenters. The molecule has 0 spiro atoms. The molecule has 2 heterocycles. The molecule has 8 heteroatoms. The summed E-state index contributed by atoms with van der Waals surface area (Å²) >= 11 is 0. The van der Waals surface area contributed by atoms with Gasteiger partial charge in [0.05, 0.1) is 6.61 Å². The number of benzene rings is 2. The Labute approximate surface area is 180 Å². The zero-order chi connectivity index (χ0) is 21.8. The van der Waals surface area contributed by atoms with E-state index in [1.807, 2.05) is 48.5 Å². The predicted octanol–water partition coefficient (Wildman–Crippen LogP) is 1.47. The Kier molecular flexibility index (Phi) is 5.16. The zero-order valence-electron chi connectivity index (χ0n) is 17.6. The van der Waals surface area contributed by atoms with Crippen LogP contribution in [0.25, 0.3) is 11.1 Å². The summed E-state index contributed by atoms with van der Waals surface area (Å²) < 4.78 is 36.3. The summed E-state index contributed by atoms with van der Waals surface area (Å²) in [4.78, 5) is 0. The Bertz CT molecular complexity index is 966. The molecular weight excluding hydrogens is 404 g/mol. The smallest absolute Gasteiger partial charge is 0.256 e. The number of methoxy groups -OCH3 is 3. The highest BCUT2D eigenvalue weighted by Gasteiger charge is 2.70. The average molecular weight is 430 g/mol. The maximum atomic E-state index is 10.9. The Balaban J connectivity index is 1.76. The van der Waals surface area contributed by atoms with Gasteiger partial charge in [-0.2, -0.15) is 0 Å². The molecule has 2 aromatic carbocycles. The highest BCUT2D eigenvalue weighted by Crippen LogP contribution is 2.60. The molecule has 1 aliphatic carbocycles. The summed E-state index contributed by atoms with van der Waals surface area (Å²) in [6.45, 7) is -0.352. The van der Waals surface area contributed by atoms with Crippen LogP contribution < -0.4 is 0 Å². The molecule has 166 valence electrons. The van der Waals surface area contributed by atoms with Crippen LogP contribution in [0.3, 0.4) is 0 Å². The molecule has 2 fully saturated rings. The van der Waals surface area contributed by atoms with Crippen molar-refractivity contribution in [2.45, 2.75) is 42.3 Å². The van der Waals surface area contributed by atoms with Crippen molar-refractivity contribution in [2.75, 3.05) is 27.9 Å². The van der Waals surface area contributed by atoms with Crippen LogP contribution in [0.1, 0.15) is 11.1 Å². The molecule has 5 rings (SSSR count). The van der Waals surface area contributed by atoms with Crippen LogP contribution in [0.15, 0.2) is 48.5 Å². The van der Waals surface area contributed by atoms with Gasteiger partial charge in [0.1, 0.15) is 24.4 Å². The zero-order valence-corrected chi connectivity index (χ0v) is 17.6. The van der Waals surface area contributed by atoms with Gasteiger partial charge < -0.3 is 38.6 Å². The summed E-state index contributed by atoms with van der Waals surface area (Å²) in [7, 11) is 4.46. The standard InChI is InChI=1S/C23H26O8/c1-26-21-18(25)20-19(17(12-24)29-21)30-22(27-2)15-10-6-4-8-13(15)14-9-5-7-11-16(14)23(22,28-3)31-20/h4-11,17-21,24-25H,12H2,1-3H3/t17-,18+,19-,20-,21+,22+,23+/m1/s1. The van der Waals surface area contributed by atoms with E-state index in [-0.39, 0.29) is 6.61 Å². The Morgan fingerprint density at radius 1 is 0.839 bits per heavy atom. The van der Waals surface area contributed by atoms with Gasteiger partial charge in [-0.25, -0.2) is 0 Å². The van der Waals surface area contributed by atoms with E-state index in [1.165, 1.54) is 21.3 Å². The topological polar surface area (TPSA) is 95.8 Å². The maximum Gasteiger partial charge on any atom is 0.256 e. The molecule has 8 nitrogen and oxygen atoms in total. The third-order valence-electron chi connectivity index (χ3n) is 6.49. The summed E-state index contributed by atoms with van der Waals surface area (Å²) in [5.41, 5.74) is 3.27. The minimum absolute atomic E-state index is 0.352. The SMILES string of the molecule is CO[C@H]1O[C@H](CO)[C@H]2O[C@@]3(OC)c4ccccc4-c4ccccc4[C@]3(OC)O[C@@H]2[C@@H]1O. The van der Waals surface area contributed by atoms with Crippen LogP contribution >= 0.6 is 0 Å². The lowest BCUT2D eigenvalue weighted by Crippen LogP contribution is -2.72. The van der Waals surface area contributed by atoms with E-state index in [0.29, 0.717) is 5.56 Å². The largest absolute Gasteiger partial charge is 0.394 e. The van der Waals surface area contributed by atoms with Gasteiger partial charge in [0.2, 0.25) is 0 Å². The molecule has 31 heavy (non-hydrogen) atoms. The van der Waals surface area contributed by atoms with Gasteiger partial charge in [-0.3, -0.25) is 0 Å². The molecule has 0 radical (unpaired) electrons. The number of hydrogen-bond acceptors (Lipinski definition) is 8. The molecule has 0 aromatic heterocycles. The quantitative estimate of drug-likeness (QED) is 0.753. The fourth-order valence-electron chi connectivity index (χ4n) is 5.13. The lowest BCUT2D eigenvalue weighted by atomic mass is 9.75. The van der Waals surface area contributed by atoms with Crippen molar-refractivity contribution in [2.24, 2.45) is 0 Å².